The average molecular weight is 480 g/mol. The van der Waals surface area contributed by atoms with Crippen molar-refractivity contribution in [2.24, 2.45) is 10.7 Å². The van der Waals surface area contributed by atoms with Gasteiger partial charge in [0, 0.05) is 5.56 Å². The maximum Gasteiger partial charge on any atom is 0.208 e. The number of amidine groups is 1. The number of thioether (sulfide) groups is 1. The normalized spacial score (nSPS) is 11.4. The van der Waals surface area contributed by atoms with Gasteiger partial charge in [-0.2, -0.15) is 4.98 Å². The summed E-state index contributed by atoms with van der Waals surface area (Å²) in [5.41, 5.74) is 8.39. The van der Waals surface area contributed by atoms with Gasteiger partial charge >= 0.3 is 0 Å². The summed E-state index contributed by atoms with van der Waals surface area (Å²) in [5.74, 6) is 1.12. The molecule has 0 aliphatic heterocycles. The Hall–Kier alpha value is -3.20. The van der Waals surface area contributed by atoms with Crippen LogP contribution < -0.4 is 10.5 Å². The lowest BCUT2D eigenvalue weighted by Crippen LogP contribution is -2.13. The summed E-state index contributed by atoms with van der Waals surface area (Å²) in [6, 6.07) is 24.3. The third-order valence-corrected chi connectivity index (χ3v) is 5.77. The molecule has 3 aromatic carbocycles. The highest BCUT2D eigenvalue weighted by molar-refractivity contribution is 8.13. The van der Waals surface area contributed by atoms with Crippen LogP contribution in [0, 0.1) is 4.77 Å². The van der Waals surface area contributed by atoms with Gasteiger partial charge in [-0.15, -0.1) is 0 Å². The van der Waals surface area contributed by atoms with Crippen LogP contribution in [0.15, 0.2) is 89.0 Å². The Morgan fingerprint density at radius 2 is 1.69 bits per heavy atom. The highest BCUT2D eigenvalue weighted by Crippen LogP contribution is 2.30. The molecule has 160 valence electrons. The maximum atomic E-state index is 6.28. The molecule has 0 radical (unpaired) electrons. The Bertz CT molecular complexity index is 1340. The average Bonchev–Trinajstić information content (AvgIpc) is 2.81. The van der Waals surface area contributed by atoms with E-state index in [-0.39, 0.29) is 5.17 Å². The van der Waals surface area contributed by atoms with E-state index >= 15 is 0 Å². The summed E-state index contributed by atoms with van der Waals surface area (Å²) in [6.45, 7) is 0. The quantitative estimate of drug-likeness (QED) is 0.162. The third kappa shape index (κ3) is 4.83. The lowest BCUT2D eigenvalue weighted by atomic mass is 10.2. The summed E-state index contributed by atoms with van der Waals surface area (Å²) in [6.07, 6.45) is 0. The summed E-state index contributed by atoms with van der Waals surface area (Å²) in [4.78, 5) is 13.8. The summed E-state index contributed by atoms with van der Waals surface area (Å²) >= 11 is 13.1. The fraction of sp³-hybridized carbons (Fsp3) is 0.0435. The van der Waals surface area contributed by atoms with E-state index in [1.54, 1.807) is 23.8 Å². The number of hydrogen-bond donors (Lipinski definition) is 1. The summed E-state index contributed by atoms with van der Waals surface area (Å²) in [7, 11) is 1.60. The Labute approximate surface area is 199 Å². The van der Waals surface area contributed by atoms with Crippen LogP contribution in [0.5, 0.6) is 5.75 Å². The second-order valence-electron chi connectivity index (χ2n) is 6.49. The zero-order valence-electron chi connectivity index (χ0n) is 17.0. The predicted octanol–water partition coefficient (Wildman–Crippen LogP) is 6.06. The minimum absolute atomic E-state index is 0.258. The molecule has 0 spiro atoms. The van der Waals surface area contributed by atoms with Crippen molar-refractivity contribution in [1.29, 1.82) is 0 Å². The third-order valence-electron chi connectivity index (χ3n) is 4.42. The largest absolute Gasteiger partial charge is 0.495 e. The van der Waals surface area contributed by atoms with E-state index in [0.717, 1.165) is 5.56 Å². The zero-order valence-corrected chi connectivity index (χ0v) is 19.4. The second kappa shape index (κ2) is 9.95. The van der Waals surface area contributed by atoms with Crippen molar-refractivity contribution < 1.29 is 4.74 Å². The monoisotopic (exact) mass is 479 g/mol. The fourth-order valence-corrected chi connectivity index (χ4v) is 4.22. The van der Waals surface area contributed by atoms with Crippen molar-refractivity contribution in [2.75, 3.05) is 7.11 Å². The molecule has 4 rings (SSSR count). The van der Waals surface area contributed by atoms with Gasteiger partial charge in [0.15, 0.2) is 16.1 Å². The highest BCUT2D eigenvalue weighted by atomic mass is 35.5. The Morgan fingerprint density at radius 3 is 2.44 bits per heavy atom. The van der Waals surface area contributed by atoms with E-state index in [0.29, 0.717) is 37.9 Å². The van der Waals surface area contributed by atoms with Gasteiger partial charge in [0.05, 0.1) is 23.5 Å². The number of methoxy groups -OCH3 is 1. The standard InChI is InChI=1S/C23H18ClN5OS2/c1-30-19-14-8-7-13-18(19)29-22(31)27-20(15-9-3-2-4-10-15)28-23(29)32-21(25)26-17-12-6-5-11-16(17)24/h2-14H,1H3,(H2,25,26). The van der Waals surface area contributed by atoms with Crippen LogP contribution in [-0.2, 0) is 0 Å². The Kier molecular flexibility index (Phi) is 6.84. The molecule has 0 atom stereocenters. The molecular formula is C23H18ClN5OS2. The van der Waals surface area contributed by atoms with Crippen LogP contribution in [0.25, 0.3) is 17.1 Å². The molecule has 1 aromatic heterocycles. The van der Waals surface area contributed by atoms with Gasteiger partial charge in [-0.05, 0) is 48.2 Å². The van der Waals surface area contributed by atoms with Gasteiger partial charge in [-0.25, -0.2) is 9.98 Å². The van der Waals surface area contributed by atoms with Crippen LogP contribution in [0.3, 0.4) is 0 Å². The van der Waals surface area contributed by atoms with Crippen molar-refractivity contribution in [3.63, 3.8) is 0 Å². The van der Waals surface area contributed by atoms with Gasteiger partial charge in [-0.3, -0.25) is 4.57 Å². The molecule has 2 N–H and O–H groups in total. The van der Waals surface area contributed by atoms with Crippen LogP contribution in [0.4, 0.5) is 5.69 Å². The SMILES string of the molecule is COc1ccccc1-n1c(SC(N)=Nc2ccccc2Cl)nc(-c2ccccc2)nc1=S. The number of nitrogens with two attached hydrogens (primary N) is 1. The van der Waals surface area contributed by atoms with E-state index in [9.17, 15) is 0 Å². The zero-order chi connectivity index (χ0) is 22.5. The van der Waals surface area contributed by atoms with Gasteiger partial charge < -0.3 is 10.5 Å². The molecule has 1 heterocycles. The molecule has 32 heavy (non-hydrogen) atoms. The van der Waals surface area contributed by atoms with E-state index < -0.39 is 0 Å². The number of aliphatic imine (C=N–C) groups is 1. The van der Waals surface area contributed by atoms with E-state index in [4.69, 9.17) is 39.3 Å². The molecule has 0 amide bonds. The molecular weight excluding hydrogens is 462 g/mol. The molecule has 0 unspecified atom stereocenters. The second-order valence-corrected chi connectivity index (χ2v) is 8.25. The summed E-state index contributed by atoms with van der Waals surface area (Å²) < 4.78 is 7.57. The highest BCUT2D eigenvalue weighted by Gasteiger charge is 2.16. The number of ether oxygens (including phenoxy) is 1. The number of aromatic nitrogens is 3. The topological polar surface area (TPSA) is 78.3 Å². The number of nitrogens with zero attached hydrogens (tertiary/aromatic N) is 4. The lowest BCUT2D eigenvalue weighted by Gasteiger charge is -2.16. The number of para-hydroxylation sites is 3. The maximum absolute atomic E-state index is 6.28. The van der Waals surface area contributed by atoms with Gasteiger partial charge in [-0.1, -0.05) is 66.2 Å². The molecule has 9 heteroatoms. The minimum Gasteiger partial charge on any atom is -0.495 e. The van der Waals surface area contributed by atoms with Crippen molar-refractivity contribution in [2.45, 2.75) is 5.16 Å². The Morgan fingerprint density at radius 1 is 1.00 bits per heavy atom. The van der Waals surface area contributed by atoms with Crippen LogP contribution in [-0.4, -0.2) is 26.8 Å². The van der Waals surface area contributed by atoms with Gasteiger partial charge in [0.1, 0.15) is 5.75 Å². The first-order valence-corrected chi connectivity index (χ1v) is 11.1. The lowest BCUT2D eigenvalue weighted by molar-refractivity contribution is 0.411. The molecule has 0 fully saturated rings. The fourth-order valence-electron chi connectivity index (χ4n) is 2.97. The molecule has 0 saturated carbocycles. The smallest absolute Gasteiger partial charge is 0.208 e. The predicted molar refractivity (Wildman–Crippen MR) is 133 cm³/mol. The van der Waals surface area contributed by atoms with E-state index in [1.807, 2.05) is 66.7 Å². The van der Waals surface area contributed by atoms with E-state index in [2.05, 4.69) is 9.98 Å². The first-order chi connectivity index (χ1) is 15.6. The summed E-state index contributed by atoms with van der Waals surface area (Å²) in [5, 5.41) is 1.26. The number of hydrogen-bond acceptors (Lipinski definition) is 6. The number of rotatable bonds is 5. The molecule has 0 saturated heterocycles. The molecule has 4 aromatic rings. The molecule has 0 aliphatic rings. The van der Waals surface area contributed by atoms with Gasteiger partial charge in [0.2, 0.25) is 4.77 Å². The van der Waals surface area contributed by atoms with Crippen molar-refractivity contribution in [3.05, 3.63) is 88.7 Å². The van der Waals surface area contributed by atoms with Crippen LogP contribution in [0.1, 0.15) is 0 Å². The number of benzene rings is 3. The van der Waals surface area contributed by atoms with E-state index in [1.165, 1.54) is 11.8 Å². The van der Waals surface area contributed by atoms with Gasteiger partial charge in [0.25, 0.3) is 0 Å². The first kappa shape index (κ1) is 22.0. The van der Waals surface area contributed by atoms with Crippen molar-refractivity contribution in [1.82, 2.24) is 14.5 Å². The van der Waals surface area contributed by atoms with Crippen LogP contribution in [0.2, 0.25) is 5.02 Å². The Balaban J connectivity index is 1.87. The number of halogens is 1. The van der Waals surface area contributed by atoms with Crippen molar-refractivity contribution in [3.8, 4) is 22.8 Å². The molecule has 0 bridgehead atoms. The first-order valence-electron chi connectivity index (χ1n) is 9.53. The minimum atomic E-state index is 0.258. The molecule has 0 aliphatic carbocycles. The van der Waals surface area contributed by atoms with Crippen LogP contribution >= 0.6 is 35.6 Å². The van der Waals surface area contributed by atoms with Crippen molar-refractivity contribution >= 4 is 46.4 Å². The molecule has 6 nitrogen and oxygen atoms in total.